The fraction of sp³-hybridized carbons (Fsp3) is 0.600. The maximum atomic E-state index is 9.10. The Bertz CT molecular complexity index is 405. The van der Waals surface area contributed by atoms with Crippen LogP contribution < -0.4 is 10.2 Å². The predicted octanol–water partition coefficient (Wildman–Crippen LogP) is 1.85. The van der Waals surface area contributed by atoms with Crippen molar-refractivity contribution in [2.75, 3.05) is 24.6 Å². The Labute approximate surface area is 110 Å². The predicted molar refractivity (Wildman–Crippen MR) is 76.2 cm³/mol. The number of anilines is 1. The molecule has 2 N–H and O–H groups in total. The van der Waals surface area contributed by atoms with E-state index in [4.69, 9.17) is 5.11 Å². The van der Waals surface area contributed by atoms with Gasteiger partial charge in [-0.1, -0.05) is 12.1 Å². The van der Waals surface area contributed by atoms with E-state index < -0.39 is 0 Å². The van der Waals surface area contributed by atoms with Gasteiger partial charge in [0.25, 0.3) is 0 Å². The van der Waals surface area contributed by atoms with Crippen molar-refractivity contribution in [1.82, 2.24) is 5.32 Å². The summed E-state index contributed by atoms with van der Waals surface area (Å²) in [5.74, 6) is 0. The highest BCUT2D eigenvalue weighted by Crippen LogP contribution is 2.24. The first-order valence-electron chi connectivity index (χ1n) is 6.79. The van der Waals surface area contributed by atoms with Crippen LogP contribution in [0.5, 0.6) is 0 Å². The molecule has 0 aromatic heterocycles. The standard InChI is InChI=1S/C15H24N2O/c1-11-4-5-12(2)15(8-11)17-9-13(3)16-14(10-17)6-7-18/h4-5,8,13-14,16,18H,6-7,9-10H2,1-3H3. The zero-order valence-corrected chi connectivity index (χ0v) is 11.6. The van der Waals surface area contributed by atoms with E-state index in [9.17, 15) is 0 Å². The summed E-state index contributed by atoms with van der Waals surface area (Å²) in [6, 6.07) is 7.48. The Morgan fingerprint density at radius 1 is 1.33 bits per heavy atom. The van der Waals surface area contributed by atoms with Crippen LogP contribution in [-0.4, -0.2) is 36.9 Å². The number of hydrogen-bond acceptors (Lipinski definition) is 3. The number of aliphatic hydroxyl groups excluding tert-OH is 1. The summed E-state index contributed by atoms with van der Waals surface area (Å²) in [7, 11) is 0. The number of aliphatic hydroxyl groups is 1. The van der Waals surface area contributed by atoms with Crippen LogP contribution in [0, 0.1) is 13.8 Å². The summed E-state index contributed by atoms with van der Waals surface area (Å²) in [5.41, 5.74) is 3.98. The summed E-state index contributed by atoms with van der Waals surface area (Å²) in [6.07, 6.45) is 0.825. The van der Waals surface area contributed by atoms with Crippen molar-refractivity contribution < 1.29 is 5.11 Å². The fourth-order valence-corrected chi connectivity index (χ4v) is 2.77. The molecule has 3 nitrogen and oxygen atoms in total. The molecule has 3 heteroatoms. The quantitative estimate of drug-likeness (QED) is 0.857. The van der Waals surface area contributed by atoms with Crippen LogP contribution in [0.1, 0.15) is 24.5 Å². The molecule has 0 bridgehead atoms. The summed E-state index contributed by atoms with van der Waals surface area (Å²) in [5, 5.41) is 12.7. The highest BCUT2D eigenvalue weighted by atomic mass is 16.3. The van der Waals surface area contributed by atoms with Gasteiger partial charge in [-0.15, -0.1) is 0 Å². The minimum absolute atomic E-state index is 0.255. The van der Waals surface area contributed by atoms with Crippen molar-refractivity contribution in [2.24, 2.45) is 0 Å². The Hall–Kier alpha value is -1.06. The molecule has 1 aromatic carbocycles. The highest BCUT2D eigenvalue weighted by Gasteiger charge is 2.24. The van der Waals surface area contributed by atoms with E-state index in [1.807, 2.05) is 0 Å². The molecule has 0 aliphatic carbocycles. The summed E-state index contributed by atoms with van der Waals surface area (Å²) < 4.78 is 0. The minimum Gasteiger partial charge on any atom is -0.396 e. The van der Waals surface area contributed by atoms with Crippen molar-refractivity contribution in [3.63, 3.8) is 0 Å². The number of aryl methyl sites for hydroxylation is 2. The van der Waals surface area contributed by atoms with Gasteiger partial charge in [-0.2, -0.15) is 0 Å². The molecule has 1 fully saturated rings. The van der Waals surface area contributed by atoms with Crippen LogP contribution in [-0.2, 0) is 0 Å². The smallest absolute Gasteiger partial charge is 0.0446 e. The third-order valence-corrected chi connectivity index (χ3v) is 3.64. The lowest BCUT2D eigenvalue weighted by atomic mass is 10.0. The summed E-state index contributed by atoms with van der Waals surface area (Å²) in [6.45, 7) is 8.79. The van der Waals surface area contributed by atoms with E-state index in [0.29, 0.717) is 12.1 Å². The Morgan fingerprint density at radius 3 is 2.83 bits per heavy atom. The lowest BCUT2D eigenvalue weighted by Gasteiger charge is -2.39. The van der Waals surface area contributed by atoms with Gasteiger partial charge in [0.05, 0.1) is 0 Å². The van der Waals surface area contributed by atoms with Gasteiger partial charge in [-0.05, 0) is 44.4 Å². The lowest BCUT2D eigenvalue weighted by Crippen LogP contribution is -2.56. The van der Waals surface area contributed by atoms with Crippen LogP contribution in [0.4, 0.5) is 5.69 Å². The second-order valence-corrected chi connectivity index (χ2v) is 5.47. The average Bonchev–Trinajstić information content (AvgIpc) is 2.32. The number of nitrogens with one attached hydrogen (secondary N) is 1. The molecule has 1 aliphatic heterocycles. The monoisotopic (exact) mass is 248 g/mol. The number of nitrogens with zero attached hydrogens (tertiary/aromatic N) is 1. The van der Waals surface area contributed by atoms with E-state index in [1.165, 1.54) is 16.8 Å². The van der Waals surface area contributed by atoms with Gasteiger partial charge >= 0.3 is 0 Å². The Morgan fingerprint density at radius 2 is 2.11 bits per heavy atom. The molecular weight excluding hydrogens is 224 g/mol. The third kappa shape index (κ3) is 3.03. The largest absolute Gasteiger partial charge is 0.396 e. The third-order valence-electron chi connectivity index (χ3n) is 3.64. The molecule has 1 saturated heterocycles. The SMILES string of the molecule is Cc1ccc(C)c(N2CC(C)NC(CCO)C2)c1. The molecule has 2 unspecified atom stereocenters. The molecule has 0 spiro atoms. The topological polar surface area (TPSA) is 35.5 Å². The molecule has 2 rings (SSSR count). The lowest BCUT2D eigenvalue weighted by molar-refractivity contribution is 0.250. The Balaban J connectivity index is 2.18. The molecule has 100 valence electrons. The van der Waals surface area contributed by atoms with Crippen molar-refractivity contribution in [3.8, 4) is 0 Å². The Kier molecular flexibility index (Phi) is 4.25. The highest BCUT2D eigenvalue weighted by molar-refractivity contribution is 5.55. The van der Waals surface area contributed by atoms with Gasteiger partial charge in [0.1, 0.15) is 0 Å². The number of benzene rings is 1. The van der Waals surface area contributed by atoms with Crippen LogP contribution in [0.2, 0.25) is 0 Å². The molecule has 1 heterocycles. The molecule has 2 atom stereocenters. The zero-order valence-electron chi connectivity index (χ0n) is 11.6. The van der Waals surface area contributed by atoms with Gasteiger partial charge in [0.15, 0.2) is 0 Å². The first-order chi connectivity index (χ1) is 8.60. The van der Waals surface area contributed by atoms with E-state index >= 15 is 0 Å². The van der Waals surface area contributed by atoms with Gasteiger partial charge < -0.3 is 15.3 Å². The second-order valence-electron chi connectivity index (χ2n) is 5.47. The number of hydrogen-bond donors (Lipinski definition) is 2. The molecule has 1 aromatic rings. The maximum Gasteiger partial charge on any atom is 0.0446 e. The van der Waals surface area contributed by atoms with Gasteiger partial charge in [0.2, 0.25) is 0 Å². The van der Waals surface area contributed by atoms with Gasteiger partial charge in [-0.25, -0.2) is 0 Å². The van der Waals surface area contributed by atoms with Crippen LogP contribution >= 0.6 is 0 Å². The first-order valence-corrected chi connectivity index (χ1v) is 6.79. The van der Waals surface area contributed by atoms with E-state index in [1.54, 1.807) is 0 Å². The number of rotatable bonds is 3. The zero-order chi connectivity index (χ0) is 13.1. The van der Waals surface area contributed by atoms with Crippen LogP contribution in [0.15, 0.2) is 18.2 Å². The molecule has 1 aliphatic rings. The van der Waals surface area contributed by atoms with Gasteiger partial charge in [-0.3, -0.25) is 0 Å². The van der Waals surface area contributed by atoms with E-state index in [-0.39, 0.29) is 6.61 Å². The molecule has 18 heavy (non-hydrogen) atoms. The van der Waals surface area contributed by atoms with Gasteiger partial charge in [0, 0.05) is 37.5 Å². The van der Waals surface area contributed by atoms with Crippen molar-refractivity contribution in [3.05, 3.63) is 29.3 Å². The molecule has 0 amide bonds. The molecule has 0 saturated carbocycles. The van der Waals surface area contributed by atoms with Crippen LogP contribution in [0.3, 0.4) is 0 Å². The molecule has 0 radical (unpaired) electrons. The summed E-state index contributed by atoms with van der Waals surface area (Å²) >= 11 is 0. The normalized spacial score (nSPS) is 24.3. The van der Waals surface area contributed by atoms with Crippen molar-refractivity contribution >= 4 is 5.69 Å². The first kappa shape index (κ1) is 13.4. The minimum atomic E-state index is 0.255. The van der Waals surface area contributed by atoms with E-state index in [2.05, 4.69) is 49.2 Å². The fourth-order valence-electron chi connectivity index (χ4n) is 2.77. The average molecular weight is 248 g/mol. The summed E-state index contributed by atoms with van der Waals surface area (Å²) in [4.78, 5) is 2.45. The second kappa shape index (κ2) is 5.72. The maximum absolute atomic E-state index is 9.10. The van der Waals surface area contributed by atoms with E-state index in [0.717, 1.165) is 19.5 Å². The number of piperazine rings is 1. The molecular formula is C15H24N2O. The van der Waals surface area contributed by atoms with Crippen LogP contribution in [0.25, 0.3) is 0 Å². The van der Waals surface area contributed by atoms with Crippen molar-refractivity contribution in [1.29, 1.82) is 0 Å². The van der Waals surface area contributed by atoms with Crippen molar-refractivity contribution in [2.45, 2.75) is 39.3 Å².